The Morgan fingerprint density at radius 3 is 2.57 bits per heavy atom. The molecule has 1 saturated heterocycles. The fourth-order valence-electron chi connectivity index (χ4n) is 2.87. The molecule has 28 heavy (non-hydrogen) atoms. The van der Waals surface area contributed by atoms with Crippen LogP contribution in [0, 0.1) is 0 Å². The first-order chi connectivity index (χ1) is 13.5. The number of anilines is 1. The van der Waals surface area contributed by atoms with Gasteiger partial charge in [-0.05, 0) is 37.3 Å². The van der Waals surface area contributed by atoms with Gasteiger partial charge in [0.05, 0.1) is 19.8 Å². The average molecular weight is 408 g/mol. The quantitative estimate of drug-likeness (QED) is 0.756. The summed E-state index contributed by atoms with van der Waals surface area (Å²) >= 11 is 0. The van der Waals surface area contributed by atoms with Crippen molar-refractivity contribution < 1.29 is 27.1 Å². The van der Waals surface area contributed by atoms with E-state index in [1.165, 1.54) is 10.4 Å². The first kappa shape index (κ1) is 20.4. The molecule has 1 aliphatic heterocycles. The molecule has 0 saturated carbocycles. The number of nitrogens with one attached hydrogen (secondary N) is 1. The summed E-state index contributed by atoms with van der Waals surface area (Å²) in [6, 6.07) is 7.89. The minimum Gasteiger partial charge on any atom is -0.492 e. The van der Waals surface area contributed by atoms with Crippen molar-refractivity contribution in [3.63, 3.8) is 0 Å². The molecule has 1 N–H and O–H groups in total. The predicted octanol–water partition coefficient (Wildman–Crippen LogP) is 2.51. The van der Waals surface area contributed by atoms with E-state index in [1.54, 1.807) is 31.2 Å². The third-order valence-corrected chi connectivity index (χ3v) is 6.24. The number of benzene rings is 1. The lowest BCUT2D eigenvalue weighted by Gasteiger charge is -2.27. The highest BCUT2D eigenvalue weighted by atomic mass is 32.2. The van der Waals surface area contributed by atoms with Crippen molar-refractivity contribution in [1.29, 1.82) is 0 Å². The van der Waals surface area contributed by atoms with E-state index >= 15 is 0 Å². The number of sulfonamides is 1. The fraction of sp³-hybridized carbons (Fsp3) is 0.421. The SMILES string of the molecule is CCOc1ccc(NC(=O)c2ccc(CC)o2)cc1S(=O)(=O)N1CCOCC1. The molecule has 1 fully saturated rings. The highest BCUT2D eigenvalue weighted by Gasteiger charge is 2.30. The van der Waals surface area contributed by atoms with E-state index in [0.717, 1.165) is 0 Å². The van der Waals surface area contributed by atoms with E-state index in [1.807, 2.05) is 6.92 Å². The molecule has 1 aromatic carbocycles. The van der Waals surface area contributed by atoms with E-state index in [2.05, 4.69) is 5.32 Å². The van der Waals surface area contributed by atoms with E-state index in [0.29, 0.717) is 37.7 Å². The number of hydrogen-bond donors (Lipinski definition) is 1. The van der Waals surface area contributed by atoms with Crippen molar-refractivity contribution in [2.45, 2.75) is 25.2 Å². The van der Waals surface area contributed by atoms with Gasteiger partial charge < -0.3 is 19.2 Å². The molecule has 0 atom stereocenters. The minimum atomic E-state index is -3.78. The molecular weight excluding hydrogens is 384 g/mol. The van der Waals surface area contributed by atoms with Crippen LogP contribution in [-0.4, -0.2) is 51.5 Å². The first-order valence-corrected chi connectivity index (χ1v) is 10.6. The number of carbonyl (C=O) groups is 1. The van der Waals surface area contributed by atoms with E-state index in [4.69, 9.17) is 13.9 Å². The lowest BCUT2D eigenvalue weighted by atomic mass is 10.3. The van der Waals surface area contributed by atoms with E-state index < -0.39 is 15.9 Å². The van der Waals surface area contributed by atoms with Gasteiger partial charge in [0, 0.05) is 25.2 Å². The fourth-order valence-corrected chi connectivity index (χ4v) is 4.44. The van der Waals surface area contributed by atoms with Crippen LogP contribution in [-0.2, 0) is 21.2 Å². The van der Waals surface area contributed by atoms with Crippen LogP contribution in [0.15, 0.2) is 39.6 Å². The van der Waals surface area contributed by atoms with Gasteiger partial charge in [-0.25, -0.2) is 8.42 Å². The normalized spacial score (nSPS) is 15.4. The van der Waals surface area contributed by atoms with Gasteiger partial charge in [0.2, 0.25) is 10.0 Å². The molecule has 152 valence electrons. The second-order valence-electron chi connectivity index (χ2n) is 6.18. The number of hydrogen-bond acceptors (Lipinski definition) is 6. The molecule has 2 aromatic rings. The molecule has 0 radical (unpaired) electrons. The Balaban J connectivity index is 1.89. The Labute approximate surface area is 164 Å². The number of morpholine rings is 1. The molecule has 0 spiro atoms. The van der Waals surface area contributed by atoms with Crippen molar-refractivity contribution in [2.24, 2.45) is 0 Å². The largest absolute Gasteiger partial charge is 0.492 e. The summed E-state index contributed by atoms with van der Waals surface area (Å²) in [6.07, 6.45) is 0.679. The molecule has 8 nitrogen and oxygen atoms in total. The first-order valence-electron chi connectivity index (χ1n) is 9.20. The molecule has 0 unspecified atom stereocenters. The monoisotopic (exact) mass is 408 g/mol. The standard InChI is InChI=1S/C19H24N2O6S/c1-3-15-6-8-17(27-15)19(22)20-14-5-7-16(26-4-2)18(13-14)28(23,24)21-9-11-25-12-10-21/h5-8,13H,3-4,9-12H2,1-2H3,(H,20,22). The van der Waals surface area contributed by atoms with Crippen LogP contribution < -0.4 is 10.1 Å². The number of aryl methyl sites for hydroxylation is 1. The summed E-state index contributed by atoms with van der Waals surface area (Å²) in [6.45, 7) is 5.27. The lowest BCUT2D eigenvalue weighted by Crippen LogP contribution is -2.40. The van der Waals surface area contributed by atoms with Gasteiger partial charge in [-0.3, -0.25) is 4.79 Å². The third-order valence-electron chi connectivity index (χ3n) is 4.32. The molecule has 0 bridgehead atoms. The Morgan fingerprint density at radius 2 is 1.93 bits per heavy atom. The zero-order valence-corrected chi connectivity index (χ0v) is 16.8. The topological polar surface area (TPSA) is 98.1 Å². The zero-order chi connectivity index (χ0) is 20.1. The van der Waals surface area contributed by atoms with Gasteiger partial charge in [-0.2, -0.15) is 4.31 Å². The van der Waals surface area contributed by atoms with Crippen molar-refractivity contribution >= 4 is 21.6 Å². The van der Waals surface area contributed by atoms with Crippen LogP contribution >= 0.6 is 0 Å². The lowest BCUT2D eigenvalue weighted by molar-refractivity contribution is 0.0729. The minimum absolute atomic E-state index is 0.0164. The number of carbonyl (C=O) groups excluding carboxylic acids is 1. The van der Waals surface area contributed by atoms with Gasteiger partial charge in [-0.15, -0.1) is 0 Å². The number of rotatable bonds is 7. The molecule has 1 aromatic heterocycles. The number of furan rings is 1. The van der Waals surface area contributed by atoms with Crippen LogP contribution in [0.2, 0.25) is 0 Å². The molecule has 0 aliphatic carbocycles. The Hall–Kier alpha value is -2.36. The maximum atomic E-state index is 13.1. The van der Waals surface area contributed by atoms with Crippen molar-refractivity contribution in [3.8, 4) is 5.75 Å². The molecule has 1 aliphatic rings. The molecule has 3 rings (SSSR count). The number of ether oxygens (including phenoxy) is 2. The zero-order valence-electron chi connectivity index (χ0n) is 15.9. The molecule has 9 heteroatoms. The maximum Gasteiger partial charge on any atom is 0.291 e. The van der Waals surface area contributed by atoms with Crippen molar-refractivity contribution in [2.75, 3.05) is 38.2 Å². The second kappa shape index (κ2) is 8.76. The van der Waals surface area contributed by atoms with Crippen molar-refractivity contribution in [1.82, 2.24) is 4.31 Å². The highest BCUT2D eigenvalue weighted by molar-refractivity contribution is 7.89. The molecular formula is C19H24N2O6S. The van der Waals surface area contributed by atoms with Gasteiger partial charge in [-0.1, -0.05) is 6.92 Å². The summed E-state index contributed by atoms with van der Waals surface area (Å²) < 4.78 is 43.7. The van der Waals surface area contributed by atoms with Crippen molar-refractivity contribution in [3.05, 3.63) is 41.9 Å². The maximum absolute atomic E-state index is 13.1. The van der Waals surface area contributed by atoms with Gasteiger partial charge in [0.15, 0.2) is 5.76 Å². The Kier molecular flexibility index (Phi) is 6.38. The van der Waals surface area contributed by atoms with Crippen LogP contribution in [0.5, 0.6) is 5.75 Å². The van der Waals surface area contributed by atoms with E-state index in [9.17, 15) is 13.2 Å². The van der Waals surface area contributed by atoms with Gasteiger partial charge >= 0.3 is 0 Å². The third kappa shape index (κ3) is 4.37. The predicted molar refractivity (Wildman–Crippen MR) is 103 cm³/mol. The molecule has 2 heterocycles. The second-order valence-corrected chi connectivity index (χ2v) is 8.09. The van der Waals surface area contributed by atoms with Crippen LogP contribution in [0.1, 0.15) is 30.2 Å². The Morgan fingerprint density at radius 1 is 1.18 bits per heavy atom. The highest BCUT2D eigenvalue weighted by Crippen LogP contribution is 2.30. The number of nitrogens with zero attached hydrogens (tertiary/aromatic N) is 1. The van der Waals surface area contributed by atoms with E-state index in [-0.39, 0.29) is 29.5 Å². The van der Waals surface area contributed by atoms with Gasteiger partial charge in [0.25, 0.3) is 5.91 Å². The van der Waals surface area contributed by atoms with Crippen LogP contribution in [0.4, 0.5) is 5.69 Å². The summed E-state index contributed by atoms with van der Waals surface area (Å²) in [5.41, 5.74) is 0.342. The van der Waals surface area contributed by atoms with Crippen LogP contribution in [0.25, 0.3) is 0 Å². The summed E-state index contributed by atoms with van der Waals surface area (Å²) in [7, 11) is -3.78. The average Bonchev–Trinajstić information content (AvgIpc) is 3.19. The summed E-state index contributed by atoms with van der Waals surface area (Å²) in [4.78, 5) is 12.4. The van der Waals surface area contributed by atoms with Crippen LogP contribution in [0.3, 0.4) is 0 Å². The summed E-state index contributed by atoms with van der Waals surface area (Å²) in [5.74, 6) is 0.674. The van der Waals surface area contributed by atoms with Gasteiger partial charge in [0.1, 0.15) is 16.4 Å². The number of amides is 1. The Bertz CT molecular complexity index is 932. The molecule has 1 amide bonds. The smallest absolute Gasteiger partial charge is 0.291 e. The summed E-state index contributed by atoms with van der Waals surface area (Å²) in [5, 5.41) is 2.68.